The molecule has 0 saturated heterocycles. The Morgan fingerprint density at radius 3 is 2.66 bits per heavy atom. The van der Waals surface area contributed by atoms with E-state index in [-0.39, 0.29) is 17.0 Å². The molecule has 1 unspecified atom stereocenters. The summed E-state index contributed by atoms with van der Waals surface area (Å²) in [6.45, 7) is 9.06. The molecule has 2 aliphatic rings. The Morgan fingerprint density at radius 1 is 1.29 bits per heavy atom. The standard InChI is InChI=1S/C25H28ClFN4O4/c1-24(2,3)35-23(34)30-11-9-29(10-12-30)15-25(4)28-19-7-6-17(27)14-18(19)22(33)31(25)20-8-5-16(26)13-21(20)32/h5-8,11,13-14H,9-10,12,15H2,1-4H3,(H-,28,32,33)/p+1. The van der Waals surface area contributed by atoms with Crippen LogP contribution in [-0.4, -0.2) is 70.2 Å². The van der Waals surface area contributed by atoms with Crippen LogP contribution in [0.4, 0.5) is 20.6 Å². The first-order valence-electron chi connectivity index (χ1n) is 11.3. The Kier molecular flexibility index (Phi) is 6.50. The van der Waals surface area contributed by atoms with Gasteiger partial charge >= 0.3 is 6.09 Å². The molecule has 0 aromatic heterocycles. The average molecular weight is 504 g/mol. The lowest BCUT2D eigenvalue weighted by Gasteiger charge is -2.48. The van der Waals surface area contributed by atoms with E-state index in [0.29, 0.717) is 36.9 Å². The normalized spacial score (nSPS) is 20.7. The molecule has 0 fully saturated rings. The van der Waals surface area contributed by atoms with Crippen molar-refractivity contribution in [2.75, 3.05) is 36.4 Å². The minimum atomic E-state index is -1.00. The number of fused-ring (bicyclic) bond motifs is 1. The predicted molar refractivity (Wildman–Crippen MR) is 132 cm³/mol. The molecule has 0 aliphatic carbocycles. The number of anilines is 2. The minimum absolute atomic E-state index is 0.165. The van der Waals surface area contributed by atoms with Crippen molar-refractivity contribution in [2.24, 2.45) is 0 Å². The molecule has 35 heavy (non-hydrogen) atoms. The molecule has 1 atom stereocenters. The molecule has 8 nitrogen and oxygen atoms in total. The number of halogens is 2. The van der Waals surface area contributed by atoms with Crippen LogP contribution in [0.3, 0.4) is 0 Å². The van der Waals surface area contributed by atoms with Crippen molar-refractivity contribution in [1.82, 2.24) is 4.90 Å². The third-order valence-electron chi connectivity index (χ3n) is 5.87. The average Bonchev–Trinajstić information content (AvgIpc) is 2.75. The Hall–Kier alpha value is -3.17. The van der Waals surface area contributed by atoms with E-state index in [9.17, 15) is 19.1 Å². The topological polar surface area (TPSA) is 85.1 Å². The lowest BCUT2D eigenvalue weighted by molar-refractivity contribution is -0.453. The van der Waals surface area contributed by atoms with Crippen molar-refractivity contribution in [3.8, 4) is 5.75 Å². The van der Waals surface area contributed by atoms with E-state index in [0.717, 1.165) is 0 Å². The number of hydrogen-bond acceptors (Lipinski definition) is 6. The molecule has 4 rings (SSSR count). The second-order valence-corrected chi connectivity index (χ2v) is 10.4. The van der Waals surface area contributed by atoms with Crippen molar-refractivity contribution in [3.63, 3.8) is 0 Å². The van der Waals surface area contributed by atoms with Crippen molar-refractivity contribution in [3.05, 3.63) is 52.8 Å². The number of amides is 2. The van der Waals surface area contributed by atoms with Gasteiger partial charge in [0.2, 0.25) is 0 Å². The third-order valence-corrected chi connectivity index (χ3v) is 6.10. The van der Waals surface area contributed by atoms with E-state index in [1.165, 1.54) is 29.2 Å². The van der Waals surface area contributed by atoms with Crippen LogP contribution in [0.5, 0.6) is 5.75 Å². The zero-order valence-electron chi connectivity index (χ0n) is 20.1. The zero-order valence-corrected chi connectivity index (χ0v) is 20.9. The lowest BCUT2D eigenvalue weighted by atomic mass is 9.98. The quantitative estimate of drug-likeness (QED) is 0.607. The number of rotatable bonds is 3. The highest BCUT2D eigenvalue weighted by atomic mass is 35.5. The predicted octanol–water partition coefficient (Wildman–Crippen LogP) is 4.31. The van der Waals surface area contributed by atoms with Gasteiger partial charge in [-0.05, 0) is 58.0 Å². The van der Waals surface area contributed by atoms with Gasteiger partial charge in [-0.2, -0.15) is 4.79 Å². The Balaban J connectivity index is 1.64. The molecular weight excluding hydrogens is 475 g/mol. The maximum Gasteiger partial charge on any atom is 0.596 e. The first-order chi connectivity index (χ1) is 16.4. The van der Waals surface area contributed by atoms with E-state index in [4.69, 9.17) is 16.3 Å². The summed E-state index contributed by atoms with van der Waals surface area (Å²) in [6.07, 6.45) is 1.36. The highest BCUT2D eigenvalue weighted by Crippen LogP contribution is 2.40. The van der Waals surface area contributed by atoms with Crippen LogP contribution in [0.25, 0.3) is 0 Å². The largest absolute Gasteiger partial charge is 0.596 e. The van der Waals surface area contributed by atoms with Gasteiger partial charge in [0.25, 0.3) is 5.91 Å². The van der Waals surface area contributed by atoms with Gasteiger partial charge in [-0.15, -0.1) is 4.58 Å². The van der Waals surface area contributed by atoms with Crippen LogP contribution in [-0.2, 0) is 4.74 Å². The number of nitrogens with zero attached hydrogens (tertiary/aromatic N) is 3. The van der Waals surface area contributed by atoms with E-state index >= 15 is 0 Å². The number of carbonyl (C=O) groups is 2. The van der Waals surface area contributed by atoms with Crippen LogP contribution >= 0.6 is 11.6 Å². The molecule has 2 amide bonds. The van der Waals surface area contributed by atoms with E-state index in [1.54, 1.807) is 22.9 Å². The Morgan fingerprint density at radius 2 is 2.03 bits per heavy atom. The molecule has 2 heterocycles. The zero-order chi connectivity index (χ0) is 25.5. The molecule has 0 radical (unpaired) electrons. The summed E-state index contributed by atoms with van der Waals surface area (Å²) in [6, 6.07) is 8.51. The monoisotopic (exact) mass is 503 g/mol. The number of hydrogen-bond donors (Lipinski definition) is 2. The molecule has 10 heteroatoms. The summed E-state index contributed by atoms with van der Waals surface area (Å²) in [5.41, 5.74) is -0.677. The van der Waals surface area contributed by atoms with Crippen LogP contribution in [0.1, 0.15) is 38.1 Å². The second kappa shape index (κ2) is 9.13. The molecule has 2 N–H and O–H groups in total. The maximum atomic E-state index is 14.0. The van der Waals surface area contributed by atoms with Gasteiger partial charge in [0.05, 0.1) is 24.3 Å². The number of nitrogens with one attached hydrogen (secondary N) is 1. The van der Waals surface area contributed by atoms with Crippen molar-refractivity contribution >= 4 is 41.2 Å². The molecule has 186 valence electrons. The van der Waals surface area contributed by atoms with E-state index < -0.39 is 29.1 Å². The Bertz CT molecular complexity index is 1210. The molecule has 0 spiro atoms. The number of benzene rings is 2. The van der Waals surface area contributed by atoms with Crippen molar-refractivity contribution < 1.29 is 28.4 Å². The Labute approximate surface area is 208 Å². The number of carbonyl (C=O) groups excluding carboxylic acids is 2. The van der Waals surface area contributed by atoms with Gasteiger partial charge in [0.15, 0.2) is 12.8 Å². The van der Waals surface area contributed by atoms with Gasteiger partial charge in [-0.3, -0.25) is 14.6 Å². The van der Waals surface area contributed by atoms with Gasteiger partial charge < -0.3 is 15.2 Å². The summed E-state index contributed by atoms with van der Waals surface area (Å²) in [5, 5.41) is 14.3. The molecule has 0 bridgehead atoms. The first-order valence-corrected chi connectivity index (χ1v) is 11.7. The third kappa shape index (κ3) is 5.26. The summed E-state index contributed by atoms with van der Waals surface area (Å²) in [4.78, 5) is 29.5. The van der Waals surface area contributed by atoms with Gasteiger partial charge in [0, 0.05) is 23.3 Å². The minimum Gasteiger partial charge on any atom is -0.506 e. The van der Waals surface area contributed by atoms with Gasteiger partial charge in [-0.25, -0.2) is 4.39 Å². The van der Waals surface area contributed by atoms with Gasteiger partial charge in [0.1, 0.15) is 22.8 Å². The SMILES string of the molecule is CC(C)(C)OC(=O)[N+]1=CCN(CC2(C)Nc3ccc(F)cc3C(=O)N2c2ccc(Cl)cc2O)CC1. The number of ether oxygens (including phenoxy) is 1. The summed E-state index contributed by atoms with van der Waals surface area (Å²) in [5.74, 6) is -1.15. The van der Waals surface area contributed by atoms with Crippen molar-refractivity contribution in [2.45, 2.75) is 39.0 Å². The summed E-state index contributed by atoms with van der Waals surface area (Å²) >= 11 is 6.02. The fourth-order valence-corrected chi connectivity index (χ4v) is 4.54. The van der Waals surface area contributed by atoms with Crippen LogP contribution < -0.4 is 10.2 Å². The molecule has 0 saturated carbocycles. The molecular formula is C25H29ClFN4O4+. The van der Waals surface area contributed by atoms with Crippen LogP contribution in [0.15, 0.2) is 36.4 Å². The first kappa shape index (κ1) is 24.9. The molecule has 2 aromatic rings. The van der Waals surface area contributed by atoms with Crippen molar-refractivity contribution in [1.29, 1.82) is 0 Å². The van der Waals surface area contributed by atoms with Crippen LogP contribution in [0.2, 0.25) is 5.02 Å². The van der Waals surface area contributed by atoms with Crippen LogP contribution in [0, 0.1) is 5.82 Å². The maximum absolute atomic E-state index is 14.0. The molecule has 2 aromatic carbocycles. The van der Waals surface area contributed by atoms with E-state index in [2.05, 4.69) is 10.2 Å². The number of aromatic hydroxyl groups is 1. The lowest BCUT2D eigenvalue weighted by Crippen LogP contribution is -2.64. The summed E-state index contributed by atoms with van der Waals surface area (Å²) < 4.78 is 21.0. The fourth-order valence-electron chi connectivity index (χ4n) is 4.38. The highest BCUT2D eigenvalue weighted by Gasteiger charge is 2.45. The smallest absolute Gasteiger partial charge is 0.506 e. The second-order valence-electron chi connectivity index (χ2n) is 9.95. The van der Waals surface area contributed by atoms with E-state index in [1.807, 2.05) is 27.7 Å². The molecule has 2 aliphatic heterocycles. The number of phenols is 1. The highest BCUT2D eigenvalue weighted by molar-refractivity contribution is 6.31. The number of phenolic OH excluding ortho intramolecular Hbond substituents is 1. The summed E-state index contributed by atoms with van der Waals surface area (Å²) in [7, 11) is 0. The fraction of sp³-hybridized carbons (Fsp3) is 0.400. The van der Waals surface area contributed by atoms with Gasteiger partial charge in [-0.1, -0.05) is 11.6 Å².